The number of rotatable bonds is 2. The van der Waals surface area contributed by atoms with E-state index in [0.29, 0.717) is 11.3 Å². The first kappa shape index (κ1) is 14.3. The second kappa shape index (κ2) is 4.95. The van der Waals surface area contributed by atoms with E-state index in [1.165, 1.54) is 5.56 Å². The molecule has 4 heteroatoms. The zero-order chi connectivity index (χ0) is 15.2. The molecule has 1 aliphatic rings. The van der Waals surface area contributed by atoms with E-state index >= 15 is 0 Å². The molecule has 1 aromatic heterocycles. The maximum Gasteiger partial charge on any atom is 0.258 e. The summed E-state index contributed by atoms with van der Waals surface area (Å²) < 4.78 is 2.17. The molecule has 0 aliphatic heterocycles. The number of aromatic amines is 1. The molecule has 1 atom stereocenters. The van der Waals surface area contributed by atoms with E-state index in [1.54, 1.807) is 4.57 Å². The normalized spacial score (nSPS) is 20.0. The Morgan fingerprint density at radius 3 is 2.71 bits per heavy atom. The topological polar surface area (TPSA) is 37.8 Å². The zero-order valence-electron chi connectivity index (χ0n) is 12.7. The van der Waals surface area contributed by atoms with Crippen molar-refractivity contribution in [1.82, 2.24) is 9.55 Å². The third-order valence-corrected chi connectivity index (χ3v) is 5.08. The fourth-order valence-electron chi connectivity index (χ4n) is 3.35. The minimum atomic E-state index is -0.142. The maximum atomic E-state index is 12.9. The molecule has 0 saturated carbocycles. The van der Waals surface area contributed by atoms with Crippen molar-refractivity contribution in [3.8, 4) is 11.3 Å². The lowest BCUT2D eigenvalue weighted by Gasteiger charge is -2.35. The Morgan fingerprint density at radius 2 is 2.05 bits per heavy atom. The molecule has 1 aliphatic carbocycles. The van der Waals surface area contributed by atoms with Gasteiger partial charge in [0.15, 0.2) is 4.77 Å². The molecule has 0 radical (unpaired) electrons. The highest BCUT2D eigenvalue weighted by molar-refractivity contribution is 7.71. The van der Waals surface area contributed by atoms with Crippen molar-refractivity contribution in [1.29, 1.82) is 0 Å². The van der Waals surface area contributed by atoms with Crippen molar-refractivity contribution in [2.24, 2.45) is 0 Å². The molecule has 0 spiro atoms. The largest absolute Gasteiger partial charge is 0.331 e. The van der Waals surface area contributed by atoms with E-state index in [1.807, 2.05) is 13.0 Å². The Bertz CT molecular complexity index is 818. The van der Waals surface area contributed by atoms with Crippen LogP contribution in [0.4, 0.5) is 0 Å². The number of hydrogen-bond donors (Lipinski definition) is 1. The third kappa shape index (κ3) is 2.01. The van der Waals surface area contributed by atoms with Crippen molar-refractivity contribution < 1.29 is 0 Å². The third-order valence-electron chi connectivity index (χ3n) is 4.75. The van der Waals surface area contributed by atoms with Gasteiger partial charge >= 0.3 is 0 Å². The van der Waals surface area contributed by atoms with Gasteiger partial charge in [-0.1, -0.05) is 38.1 Å². The van der Waals surface area contributed by atoms with Crippen LogP contribution >= 0.6 is 12.2 Å². The van der Waals surface area contributed by atoms with Crippen LogP contribution < -0.4 is 5.56 Å². The van der Waals surface area contributed by atoms with Crippen LogP contribution in [0.2, 0.25) is 0 Å². The van der Waals surface area contributed by atoms with Crippen molar-refractivity contribution >= 4 is 12.2 Å². The number of hydrogen-bond acceptors (Lipinski definition) is 2. The molecule has 0 bridgehead atoms. The zero-order valence-corrected chi connectivity index (χ0v) is 13.5. The summed E-state index contributed by atoms with van der Waals surface area (Å²) in [4.78, 5) is 16.2. The second-order valence-electron chi connectivity index (χ2n) is 5.98. The minimum absolute atomic E-state index is 0.0649. The highest BCUT2D eigenvalue weighted by Crippen LogP contribution is 2.42. The standard InChI is InChI=1S/C17H20N2OS/c1-4-17(3)10-11-8-6-7-9-12(11)14-13(17)15(20)19(5-2)16(21)18-14/h6-9H,4-5,10H2,1-3H3,(H,18,21)/t17-/m1/s1. The summed E-state index contributed by atoms with van der Waals surface area (Å²) in [6.07, 6.45) is 1.83. The van der Waals surface area contributed by atoms with E-state index < -0.39 is 0 Å². The summed E-state index contributed by atoms with van der Waals surface area (Å²) in [5.41, 5.74) is 4.13. The SMILES string of the molecule is CCn1c(=S)[nH]c2c(c1=O)[C@](C)(CC)Cc1ccccc1-2. The van der Waals surface area contributed by atoms with Crippen LogP contribution in [-0.2, 0) is 18.4 Å². The van der Waals surface area contributed by atoms with E-state index in [-0.39, 0.29) is 11.0 Å². The van der Waals surface area contributed by atoms with Gasteiger partial charge in [0.25, 0.3) is 5.56 Å². The molecule has 0 fully saturated rings. The van der Waals surface area contributed by atoms with Crippen LogP contribution in [-0.4, -0.2) is 9.55 Å². The average Bonchev–Trinajstić information content (AvgIpc) is 2.47. The Morgan fingerprint density at radius 1 is 1.33 bits per heavy atom. The predicted octanol–water partition coefficient (Wildman–Crippen LogP) is 3.82. The van der Waals surface area contributed by atoms with Gasteiger partial charge in [0.05, 0.1) is 5.69 Å². The van der Waals surface area contributed by atoms with Crippen LogP contribution in [0.1, 0.15) is 38.3 Å². The van der Waals surface area contributed by atoms with E-state index in [4.69, 9.17) is 12.2 Å². The molecular formula is C17H20N2OS. The summed E-state index contributed by atoms with van der Waals surface area (Å²) in [5, 5.41) is 0. The maximum absolute atomic E-state index is 12.9. The number of fused-ring (bicyclic) bond motifs is 3. The summed E-state index contributed by atoms with van der Waals surface area (Å²) in [7, 11) is 0. The van der Waals surface area contributed by atoms with Gasteiger partial charge in [0.1, 0.15) is 0 Å². The second-order valence-corrected chi connectivity index (χ2v) is 6.36. The van der Waals surface area contributed by atoms with Gasteiger partial charge in [-0.25, -0.2) is 0 Å². The molecule has 21 heavy (non-hydrogen) atoms. The molecule has 3 nitrogen and oxygen atoms in total. The van der Waals surface area contributed by atoms with Crippen molar-refractivity contribution in [2.45, 2.75) is 45.6 Å². The summed E-state index contributed by atoms with van der Waals surface area (Å²) in [6, 6.07) is 8.29. The molecule has 0 amide bonds. The van der Waals surface area contributed by atoms with Crippen LogP contribution in [0.25, 0.3) is 11.3 Å². The first-order valence-corrected chi connectivity index (χ1v) is 7.88. The Balaban J connectivity index is 2.46. The van der Waals surface area contributed by atoms with E-state index in [0.717, 1.165) is 29.7 Å². The minimum Gasteiger partial charge on any atom is -0.331 e. The Kier molecular flexibility index (Phi) is 3.36. The molecular weight excluding hydrogens is 280 g/mol. The number of nitrogens with one attached hydrogen (secondary N) is 1. The van der Waals surface area contributed by atoms with Gasteiger partial charge in [-0.05, 0) is 37.5 Å². The fraction of sp³-hybridized carbons (Fsp3) is 0.412. The lowest BCUT2D eigenvalue weighted by Crippen LogP contribution is -2.39. The van der Waals surface area contributed by atoms with Crippen molar-refractivity contribution in [3.63, 3.8) is 0 Å². The molecule has 0 unspecified atom stereocenters. The van der Waals surface area contributed by atoms with E-state index in [9.17, 15) is 4.79 Å². The van der Waals surface area contributed by atoms with E-state index in [2.05, 4.69) is 37.0 Å². The van der Waals surface area contributed by atoms with Gasteiger partial charge in [0, 0.05) is 23.1 Å². The molecule has 3 rings (SSSR count). The van der Waals surface area contributed by atoms with Crippen LogP contribution in [0.5, 0.6) is 0 Å². The molecule has 1 aromatic carbocycles. The lowest BCUT2D eigenvalue weighted by molar-refractivity contribution is 0.434. The first-order valence-electron chi connectivity index (χ1n) is 7.47. The predicted molar refractivity (Wildman–Crippen MR) is 88.3 cm³/mol. The van der Waals surface area contributed by atoms with Crippen molar-refractivity contribution in [3.05, 3.63) is 50.5 Å². The summed E-state index contributed by atoms with van der Waals surface area (Å²) in [6.45, 7) is 6.88. The average molecular weight is 300 g/mol. The molecule has 110 valence electrons. The van der Waals surface area contributed by atoms with Gasteiger partial charge in [-0.2, -0.15) is 0 Å². The lowest BCUT2D eigenvalue weighted by atomic mass is 9.69. The smallest absolute Gasteiger partial charge is 0.258 e. The van der Waals surface area contributed by atoms with Gasteiger partial charge in [-0.3, -0.25) is 9.36 Å². The van der Waals surface area contributed by atoms with Gasteiger partial charge < -0.3 is 4.98 Å². The Labute approximate surface area is 129 Å². The number of H-pyrrole nitrogens is 1. The quantitative estimate of drug-likeness (QED) is 0.856. The van der Waals surface area contributed by atoms with Crippen LogP contribution in [0.3, 0.4) is 0 Å². The van der Waals surface area contributed by atoms with Crippen LogP contribution in [0.15, 0.2) is 29.1 Å². The highest BCUT2D eigenvalue weighted by atomic mass is 32.1. The van der Waals surface area contributed by atoms with Crippen molar-refractivity contribution in [2.75, 3.05) is 0 Å². The fourth-order valence-corrected chi connectivity index (χ4v) is 3.66. The number of nitrogens with zero attached hydrogens (tertiary/aromatic N) is 1. The number of benzene rings is 1. The first-order chi connectivity index (χ1) is 10.0. The molecule has 2 aromatic rings. The Hall–Kier alpha value is -1.68. The molecule has 1 N–H and O–H groups in total. The summed E-state index contributed by atoms with van der Waals surface area (Å²) >= 11 is 5.37. The van der Waals surface area contributed by atoms with Crippen LogP contribution in [0, 0.1) is 4.77 Å². The summed E-state index contributed by atoms with van der Waals surface area (Å²) in [5.74, 6) is 0. The number of aromatic nitrogens is 2. The van der Waals surface area contributed by atoms with Gasteiger partial charge in [0.2, 0.25) is 0 Å². The molecule has 0 saturated heterocycles. The molecule has 1 heterocycles. The van der Waals surface area contributed by atoms with Gasteiger partial charge in [-0.15, -0.1) is 0 Å². The monoisotopic (exact) mass is 300 g/mol. The highest BCUT2D eigenvalue weighted by Gasteiger charge is 2.37.